The Morgan fingerprint density at radius 1 is 0.957 bits per heavy atom. The van der Waals surface area contributed by atoms with E-state index in [2.05, 4.69) is 20.8 Å². The van der Waals surface area contributed by atoms with E-state index in [1.807, 2.05) is 0 Å². The van der Waals surface area contributed by atoms with E-state index in [9.17, 15) is 8.78 Å². The van der Waals surface area contributed by atoms with Gasteiger partial charge in [-0.05, 0) is 43.2 Å². The van der Waals surface area contributed by atoms with Crippen LogP contribution in [0.2, 0.25) is 0 Å². The molecule has 0 spiro atoms. The second-order valence-corrected chi connectivity index (χ2v) is 6.52. The summed E-state index contributed by atoms with van der Waals surface area (Å²) in [7, 11) is 0. The molecule has 132 valence electrons. The molecular formula is C20H32F2O. The van der Waals surface area contributed by atoms with Crippen LogP contribution in [-0.2, 0) is 0 Å². The standard InChI is InChI=1S/C15H20F2O.C5H12/c1-3-18-13-9-8-12(14(16)15(13)17)11-6-4-10(2)5-7-11;1-3-5-4-2/h8-11H,3-7H2,1-2H3;3-5H2,1-2H3. The molecule has 1 nitrogen and oxygen atoms in total. The summed E-state index contributed by atoms with van der Waals surface area (Å²) in [5.41, 5.74) is 0.517. The van der Waals surface area contributed by atoms with Crippen molar-refractivity contribution in [3.05, 3.63) is 29.3 Å². The van der Waals surface area contributed by atoms with Crippen molar-refractivity contribution < 1.29 is 13.5 Å². The highest BCUT2D eigenvalue weighted by molar-refractivity contribution is 5.33. The fourth-order valence-corrected chi connectivity index (χ4v) is 3.05. The molecule has 1 aliphatic carbocycles. The van der Waals surface area contributed by atoms with Crippen LogP contribution < -0.4 is 4.74 Å². The molecule has 1 aromatic carbocycles. The monoisotopic (exact) mass is 326 g/mol. The van der Waals surface area contributed by atoms with E-state index in [1.165, 1.54) is 19.3 Å². The van der Waals surface area contributed by atoms with E-state index >= 15 is 0 Å². The van der Waals surface area contributed by atoms with Crippen LogP contribution in [-0.4, -0.2) is 6.61 Å². The molecule has 0 atom stereocenters. The molecule has 0 unspecified atom stereocenters. The third-order valence-electron chi connectivity index (χ3n) is 4.54. The second-order valence-electron chi connectivity index (χ2n) is 6.52. The Morgan fingerprint density at radius 3 is 2.04 bits per heavy atom. The summed E-state index contributed by atoms with van der Waals surface area (Å²) in [5, 5.41) is 0. The SMILES string of the molecule is CCCCC.CCOc1ccc(C2CCC(C)CC2)c(F)c1F. The lowest BCUT2D eigenvalue weighted by atomic mass is 9.79. The molecule has 0 N–H and O–H groups in total. The van der Waals surface area contributed by atoms with E-state index in [1.54, 1.807) is 19.1 Å². The van der Waals surface area contributed by atoms with Crippen molar-refractivity contribution in [2.24, 2.45) is 5.92 Å². The number of unbranched alkanes of at least 4 members (excludes halogenated alkanes) is 2. The number of halogens is 2. The van der Waals surface area contributed by atoms with Gasteiger partial charge >= 0.3 is 0 Å². The van der Waals surface area contributed by atoms with Crippen molar-refractivity contribution in [2.75, 3.05) is 6.61 Å². The first kappa shape index (κ1) is 19.9. The first-order chi connectivity index (χ1) is 11.0. The quantitative estimate of drug-likeness (QED) is 0.574. The molecule has 1 aliphatic rings. The van der Waals surface area contributed by atoms with Gasteiger partial charge in [0.1, 0.15) is 0 Å². The highest BCUT2D eigenvalue weighted by atomic mass is 19.2. The number of hydrogen-bond acceptors (Lipinski definition) is 1. The van der Waals surface area contributed by atoms with Crippen molar-refractivity contribution in [1.82, 2.24) is 0 Å². The lowest BCUT2D eigenvalue weighted by Crippen LogP contribution is -2.13. The highest BCUT2D eigenvalue weighted by Crippen LogP contribution is 2.38. The molecular weight excluding hydrogens is 294 g/mol. The lowest BCUT2D eigenvalue weighted by molar-refractivity contribution is 0.308. The van der Waals surface area contributed by atoms with E-state index in [0.717, 1.165) is 25.7 Å². The van der Waals surface area contributed by atoms with Gasteiger partial charge in [0.15, 0.2) is 11.6 Å². The van der Waals surface area contributed by atoms with Crippen LogP contribution in [0.25, 0.3) is 0 Å². The minimum atomic E-state index is -0.840. The Hall–Kier alpha value is -1.12. The summed E-state index contributed by atoms with van der Waals surface area (Å²) in [6.07, 6.45) is 8.17. The summed E-state index contributed by atoms with van der Waals surface area (Å²) in [4.78, 5) is 0. The molecule has 3 heteroatoms. The van der Waals surface area contributed by atoms with Gasteiger partial charge in [-0.2, -0.15) is 4.39 Å². The van der Waals surface area contributed by atoms with Gasteiger partial charge in [-0.25, -0.2) is 4.39 Å². The van der Waals surface area contributed by atoms with Crippen LogP contribution in [0.1, 0.15) is 84.1 Å². The fraction of sp³-hybridized carbons (Fsp3) is 0.700. The normalized spacial score (nSPS) is 20.6. The van der Waals surface area contributed by atoms with Crippen LogP contribution in [0.5, 0.6) is 5.75 Å². The van der Waals surface area contributed by atoms with Crippen molar-refractivity contribution in [1.29, 1.82) is 0 Å². The topological polar surface area (TPSA) is 9.23 Å². The van der Waals surface area contributed by atoms with E-state index < -0.39 is 11.6 Å². The third kappa shape index (κ3) is 6.12. The predicted molar refractivity (Wildman–Crippen MR) is 93.1 cm³/mol. The van der Waals surface area contributed by atoms with E-state index in [-0.39, 0.29) is 11.7 Å². The zero-order valence-electron chi connectivity index (χ0n) is 15.1. The van der Waals surface area contributed by atoms with E-state index in [0.29, 0.717) is 18.1 Å². The Morgan fingerprint density at radius 2 is 1.57 bits per heavy atom. The first-order valence-electron chi connectivity index (χ1n) is 9.15. The van der Waals surface area contributed by atoms with Crippen LogP contribution in [0.4, 0.5) is 8.78 Å². The van der Waals surface area contributed by atoms with Crippen LogP contribution in [0.15, 0.2) is 12.1 Å². The molecule has 2 rings (SSSR count). The minimum absolute atomic E-state index is 0.0166. The van der Waals surface area contributed by atoms with Gasteiger partial charge in [-0.3, -0.25) is 0 Å². The average molecular weight is 326 g/mol. The molecule has 0 aromatic heterocycles. The maximum absolute atomic E-state index is 14.0. The molecule has 0 saturated heterocycles. The van der Waals surface area contributed by atoms with Crippen molar-refractivity contribution >= 4 is 0 Å². The van der Waals surface area contributed by atoms with Gasteiger partial charge in [0, 0.05) is 0 Å². The number of rotatable bonds is 5. The van der Waals surface area contributed by atoms with E-state index in [4.69, 9.17) is 4.74 Å². The minimum Gasteiger partial charge on any atom is -0.491 e. The largest absolute Gasteiger partial charge is 0.491 e. The van der Waals surface area contributed by atoms with Gasteiger partial charge in [0.2, 0.25) is 5.82 Å². The summed E-state index contributed by atoms with van der Waals surface area (Å²) < 4.78 is 32.9. The van der Waals surface area contributed by atoms with Crippen LogP contribution >= 0.6 is 0 Å². The van der Waals surface area contributed by atoms with Gasteiger partial charge in [0.25, 0.3) is 0 Å². The molecule has 0 heterocycles. The molecule has 1 saturated carbocycles. The summed E-state index contributed by atoms with van der Waals surface area (Å²) in [5.74, 6) is -0.681. The lowest BCUT2D eigenvalue weighted by Gasteiger charge is -2.27. The predicted octanol–water partition coefficient (Wildman–Crippen LogP) is 6.85. The number of ether oxygens (including phenoxy) is 1. The van der Waals surface area contributed by atoms with Crippen LogP contribution in [0.3, 0.4) is 0 Å². The second kappa shape index (κ2) is 10.6. The Kier molecular flexibility index (Phi) is 9.20. The average Bonchev–Trinajstić information content (AvgIpc) is 2.55. The maximum atomic E-state index is 14.0. The van der Waals surface area contributed by atoms with Crippen molar-refractivity contribution in [3.63, 3.8) is 0 Å². The highest BCUT2D eigenvalue weighted by Gasteiger charge is 2.24. The van der Waals surface area contributed by atoms with Crippen molar-refractivity contribution in [3.8, 4) is 5.75 Å². The van der Waals surface area contributed by atoms with Crippen molar-refractivity contribution in [2.45, 2.75) is 78.6 Å². The van der Waals surface area contributed by atoms with Gasteiger partial charge < -0.3 is 4.74 Å². The summed E-state index contributed by atoms with van der Waals surface area (Å²) >= 11 is 0. The molecule has 0 bridgehead atoms. The van der Waals surface area contributed by atoms with Gasteiger partial charge in [-0.1, -0.05) is 58.9 Å². The maximum Gasteiger partial charge on any atom is 0.200 e. The molecule has 0 aliphatic heterocycles. The smallest absolute Gasteiger partial charge is 0.200 e. The fourth-order valence-electron chi connectivity index (χ4n) is 3.05. The van der Waals surface area contributed by atoms with Gasteiger partial charge in [-0.15, -0.1) is 0 Å². The summed E-state index contributed by atoms with van der Waals surface area (Å²) in [6, 6.07) is 3.24. The molecule has 0 amide bonds. The number of hydrogen-bond donors (Lipinski definition) is 0. The molecule has 0 radical (unpaired) electrons. The zero-order chi connectivity index (χ0) is 17.2. The van der Waals surface area contributed by atoms with Gasteiger partial charge in [0.05, 0.1) is 6.61 Å². The third-order valence-corrected chi connectivity index (χ3v) is 4.54. The zero-order valence-corrected chi connectivity index (χ0v) is 15.1. The Balaban J connectivity index is 0.000000463. The Bertz CT molecular complexity index is 449. The molecule has 1 aromatic rings. The Labute approximate surface area is 140 Å². The molecule has 1 fully saturated rings. The van der Waals surface area contributed by atoms with Crippen LogP contribution in [0, 0.1) is 17.6 Å². The first-order valence-corrected chi connectivity index (χ1v) is 9.15. The summed E-state index contributed by atoms with van der Waals surface area (Å²) in [6.45, 7) is 8.74. The molecule has 23 heavy (non-hydrogen) atoms. The number of benzene rings is 1.